The number of hydrogen-bond donors (Lipinski definition) is 1. The minimum atomic E-state index is -0.198. The summed E-state index contributed by atoms with van der Waals surface area (Å²) in [6, 6.07) is 10.8. The number of carbonyl (C=O) groups is 1. The molecule has 0 atom stereocenters. The number of benzene rings is 2. The summed E-state index contributed by atoms with van der Waals surface area (Å²) in [7, 11) is 1.55. The summed E-state index contributed by atoms with van der Waals surface area (Å²) in [5.41, 5.74) is 1.43. The number of carbonyl (C=O) groups excluding carboxylic acids is 1. The Kier molecular flexibility index (Phi) is 6.94. The maximum Gasteiger partial charge on any atom is 0.251 e. The standard InChI is InChI=1S/C18H19BrClNO3/c1-3-7-24-17-15(19)9-13(10-16(17)23-2)18(22)21-11-12-5-4-6-14(20)8-12/h4-6,8-10H,3,7,11H2,1-2H3,(H,21,22). The van der Waals surface area contributed by atoms with Crippen molar-refractivity contribution < 1.29 is 14.3 Å². The van der Waals surface area contributed by atoms with Gasteiger partial charge >= 0.3 is 0 Å². The number of rotatable bonds is 7. The molecule has 6 heteroatoms. The first kappa shape index (κ1) is 18.6. The molecule has 0 saturated carbocycles. The van der Waals surface area contributed by atoms with Gasteiger partial charge in [0.15, 0.2) is 11.5 Å². The van der Waals surface area contributed by atoms with E-state index < -0.39 is 0 Å². The Morgan fingerprint density at radius 1 is 1.29 bits per heavy atom. The second kappa shape index (κ2) is 8.94. The van der Waals surface area contributed by atoms with Crippen molar-refractivity contribution in [3.63, 3.8) is 0 Å². The lowest BCUT2D eigenvalue weighted by Crippen LogP contribution is -2.22. The van der Waals surface area contributed by atoms with E-state index in [1.807, 2.05) is 25.1 Å². The summed E-state index contributed by atoms with van der Waals surface area (Å²) in [5, 5.41) is 3.51. The summed E-state index contributed by atoms with van der Waals surface area (Å²) in [5.74, 6) is 0.924. The van der Waals surface area contributed by atoms with E-state index in [1.54, 1.807) is 25.3 Å². The minimum Gasteiger partial charge on any atom is -0.493 e. The summed E-state index contributed by atoms with van der Waals surface area (Å²) in [6.07, 6.45) is 0.886. The van der Waals surface area contributed by atoms with E-state index in [4.69, 9.17) is 21.1 Å². The van der Waals surface area contributed by atoms with Crippen LogP contribution in [0.25, 0.3) is 0 Å². The first-order valence-corrected chi connectivity index (χ1v) is 8.75. The third-order valence-corrected chi connectivity index (χ3v) is 4.11. The highest BCUT2D eigenvalue weighted by Gasteiger charge is 2.15. The molecule has 0 bridgehead atoms. The molecule has 1 amide bonds. The molecule has 2 rings (SSSR count). The van der Waals surface area contributed by atoms with E-state index in [-0.39, 0.29) is 5.91 Å². The quantitative estimate of drug-likeness (QED) is 0.708. The van der Waals surface area contributed by atoms with Crippen LogP contribution in [-0.4, -0.2) is 19.6 Å². The van der Waals surface area contributed by atoms with Crippen molar-refractivity contribution >= 4 is 33.4 Å². The second-order valence-electron chi connectivity index (χ2n) is 5.15. The molecule has 128 valence electrons. The molecule has 1 N–H and O–H groups in total. The Bertz CT molecular complexity index is 721. The number of methoxy groups -OCH3 is 1. The third-order valence-electron chi connectivity index (χ3n) is 3.28. The number of nitrogens with one attached hydrogen (secondary N) is 1. The number of amides is 1. The lowest BCUT2D eigenvalue weighted by atomic mass is 10.1. The highest BCUT2D eigenvalue weighted by molar-refractivity contribution is 9.10. The van der Waals surface area contributed by atoms with Crippen LogP contribution >= 0.6 is 27.5 Å². The maximum atomic E-state index is 12.4. The molecule has 0 unspecified atom stereocenters. The van der Waals surface area contributed by atoms with E-state index in [2.05, 4.69) is 21.2 Å². The van der Waals surface area contributed by atoms with Crippen molar-refractivity contribution in [3.05, 3.63) is 57.0 Å². The number of hydrogen-bond acceptors (Lipinski definition) is 3. The molecule has 0 radical (unpaired) electrons. The Morgan fingerprint density at radius 3 is 2.75 bits per heavy atom. The summed E-state index contributed by atoms with van der Waals surface area (Å²) in [6.45, 7) is 3.00. The largest absolute Gasteiger partial charge is 0.493 e. The molecule has 0 aliphatic carbocycles. The average molecular weight is 413 g/mol. The van der Waals surface area contributed by atoms with Gasteiger partial charge in [0.25, 0.3) is 5.91 Å². The van der Waals surface area contributed by atoms with Gasteiger partial charge in [-0.2, -0.15) is 0 Å². The van der Waals surface area contributed by atoms with Crippen molar-refractivity contribution in [3.8, 4) is 11.5 Å². The van der Waals surface area contributed by atoms with Crippen LogP contribution in [0.5, 0.6) is 11.5 Å². The van der Waals surface area contributed by atoms with Crippen molar-refractivity contribution in [1.82, 2.24) is 5.32 Å². The lowest BCUT2D eigenvalue weighted by Gasteiger charge is -2.14. The first-order chi connectivity index (χ1) is 11.5. The Hall–Kier alpha value is -1.72. The summed E-state index contributed by atoms with van der Waals surface area (Å²) < 4.78 is 11.7. The predicted molar refractivity (Wildman–Crippen MR) is 99.1 cm³/mol. The Labute approximate surface area is 155 Å². The maximum absolute atomic E-state index is 12.4. The normalized spacial score (nSPS) is 10.3. The van der Waals surface area contributed by atoms with Crippen LogP contribution in [0.4, 0.5) is 0 Å². The molecule has 0 fully saturated rings. The molecular formula is C18H19BrClNO3. The van der Waals surface area contributed by atoms with Gasteiger partial charge in [0.2, 0.25) is 0 Å². The van der Waals surface area contributed by atoms with Gasteiger partial charge in [-0.25, -0.2) is 0 Å². The SMILES string of the molecule is CCCOc1c(Br)cc(C(=O)NCc2cccc(Cl)c2)cc1OC. The van der Waals surface area contributed by atoms with Crippen molar-refractivity contribution in [2.75, 3.05) is 13.7 Å². The molecule has 0 aliphatic rings. The fraction of sp³-hybridized carbons (Fsp3) is 0.278. The lowest BCUT2D eigenvalue weighted by molar-refractivity contribution is 0.0950. The monoisotopic (exact) mass is 411 g/mol. The molecule has 0 heterocycles. The Morgan fingerprint density at radius 2 is 2.08 bits per heavy atom. The molecule has 0 saturated heterocycles. The zero-order chi connectivity index (χ0) is 17.5. The summed E-state index contributed by atoms with van der Waals surface area (Å²) in [4.78, 5) is 12.4. The van der Waals surface area contributed by atoms with Gasteiger partial charge in [0.1, 0.15) is 0 Å². The van der Waals surface area contributed by atoms with Crippen molar-refractivity contribution in [2.45, 2.75) is 19.9 Å². The molecule has 0 spiro atoms. The van der Waals surface area contributed by atoms with Gasteiger partial charge in [-0.1, -0.05) is 30.7 Å². The first-order valence-electron chi connectivity index (χ1n) is 7.58. The van der Waals surface area contributed by atoms with E-state index in [0.29, 0.717) is 39.7 Å². The molecule has 0 aliphatic heterocycles. The predicted octanol–water partition coefficient (Wildman–Crippen LogP) is 4.83. The van der Waals surface area contributed by atoms with Crippen LogP contribution in [0.3, 0.4) is 0 Å². The molecule has 2 aromatic rings. The zero-order valence-electron chi connectivity index (χ0n) is 13.6. The fourth-order valence-electron chi connectivity index (χ4n) is 2.13. The van der Waals surface area contributed by atoms with Crippen LogP contribution in [0.2, 0.25) is 5.02 Å². The van der Waals surface area contributed by atoms with Gasteiger partial charge < -0.3 is 14.8 Å². The van der Waals surface area contributed by atoms with Gasteiger partial charge in [-0.05, 0) is 52.2 Å². The number of halogens is 2. The topological polar surface area (TPSA) is 47.6 Å². The molecule has 2 aromatic carbocycles. The number of ether oxygens (including phenoxy) is 2. The highest BCUT2D eigenvalue weighted by Crippen LogP contribution is 2.36. The smallest absolute Gasteiger partial charge is 0.251 e. The van der Waals surface area contributed by atoms with Crippen LogP contribution in [0, 0.1) is 0 Å². The second-order valence-corrected chi connectivity index (χ2v) is 6.44. The molecular weight excluding hydrogens is 394 g/mol. The van der Waals surface area contributed by atoms with Crippen molar-refractivity contribution in [2.24, 2.45) is 0 Å². The van der Waals surface area contributed by atoms with Crippen molar-refractivity contribution in [1.29, 1.82) is 0 Å². The van der Waals surface area contributed by atoms with E-state index in [1.165, 1.54) is 0 Å². The van der Waals surface area contributed by atoms with Gasteiger partial charge in [0, 0.05) is 17.1 Å². The minimum absolute atomic E-state index is 0.198. The van der Waals surface area contributed by atoms with E-state index in [0.717, 1.165) is 12.0 Å². The van der Waals surface area contributed by atoms with Gasteiger partial charge in [-0.15, -0.1) is 0 Å². The van der Waals surface area contributed by atoms with Crippen LogP contribution in [0.15, 0.2) is 40.9 Å². The average Bonchev–Trinajstić information content (AvgIpc) is 2.58. The zero-order valence-corrected chi connectivity index (χ0v) is 15.9. The van der Waals surface area contributed by atoms with E-state index >= 15 is 0 Å². The van der Waals surface area contributed by atoms with E-state index in [9.17, 15) is 4.79 Å². The fourth-order valence-corrected chi connectivity index (χ4v) is 2.90. The van der Waals surface area contributed by atoms with Gasteiger partial charge in [0.05, 0.1) is 18.2 Å². The van der Waals surface area contributed by atoms with Crippen LogP contribution in [-0.2, 0) is 6.54 Å². The van der Waals surface area contributed by atoms with Gasteiger partial charge in [-0.3, -0.25) is 4.79 Å². The highest BCUT2D eigenvalue weighted by atomic mass is 79.9. The summed E-state index contributed by atoms with van der Waals surface area (Å²) >= 11 is 9.39. The third kappa shape index (κ3) is 4.89. The molecule has 24 heavy (non-hydrogen) atoms. The van der Waals surface area contributed by atoms with Crippen LogP contribution in [0.1, 0.15) is 29.3 Å². The molecule has 0 aromatic heterocycles. The Balaban J connectivity index is 2.12. The van der Waals surface area contributed by atoms with Crippen LogP contribution < -0.4 is 14.8 Å². The molecule has 4 nitrogen and oxygen atoms in total.